The lowest BCUT2D eigenvalue weighted by Gasteiger charge is -2.20. The number of methoxy groups -OCH3 is 1. The third-order valence-electron chi connectivity index (χ3n) is 4.90. The molecule has 1 N–H and O–H groups in total. The van der Waals surface area contributed by atoms with E-state index in [1.165, 1.54) is 25.7 Å². The average molecular weight is 341 g/mol. The summed E-state index contributed by atoms with van der Waals surface area (Å²) in [5.74, 6) is 1.48. The molecule has 4 heteroatoms. The maximum atomic E-state index is 12.4. The highest BCUT2D eigenvalue weighted by Gasteiger charge is 2.20. The molecule has 1 aliphatic carbocycles. The van der Waals surface area contributed by atoms with Crippen LogP contribution in [0.4, 0.5) is 0 Å². The fourth-order valence-electron chi connectivity index (χ4n) is 3.40. The highest BCUT2D eigenvalue weighted by molar-refractivity contribution is 5.85. The van der Waals surface area contributed by atoms with Crippen molar-refractivity contribution in [3.05, 3.63) is 36.4 Å². The normalized spacial score (nSPS) is 16.9. The van der Waals surface area contributed by atoms with Crippen LogP contribution in [0.2, 0.25) is 0 Å². The van der Waals surface area contributed by atoms with Crippen LogP contribution < -0.4 is 14.8 Å². The summed E-state index contributed by atoms with van der Waals surface area (Å²) in [4.78, 5) is 12.4. The highest BCUT2D eigenvalue weighted by atomic mass is 16.5. The van der Waals surface area contributed by atoms with Crippen LogP contribution in [0.25, 0.3) is 10.8 Å². The van der Waals surface area contributed by atoms with E-state index in [1.54, 1.807) is 7.11 Å². The van der Waals surface area contributed by atoms with Gasteiger partial charge in [0.2, 0.25) is 0 Å². The molecule has 3 rings (SSSR count). The molecule has 0 aromatic heterocycles. The third-order valence-corrected chi connectivity index (χ3v) is 4.90. The first-order chi connectivity index (χ1) is 12.2. The minimum Gasteiger partial charge on any atom is -0.497 e. The van der Waals surface area contributed by atoms with Crippen LogP contribution in [-0.2, 0) is 4.79 Å². The van der Waals surface area contributed by atoms with Crippen LogP contribution in [0.15, 0.2) is 36.4 Å². The predicted molar refractivity (Wildman–Crippen MR) is 100 cm³/mol. The smallest absolute Gasteiger partial charge is 0.260 e. The van der Waals surface area contributed by atoms with Crippen LogP contribution in [0.3, 0.4) is 0 Å². The van der Waals surface area contributed by atoms with E-state index in [4.69, 9.17) is 9.47 Å². The van der Waals surface area contributed by atoms with Gasteiger partial charge >= 0.3 is 0 Å². The van der Waals surface area contributed by atoms with Crippen molar-refractivity contribution in [1.29, 1.82) is 0 Å². The first kappa shape index (κ1) is 17.6. The lowest BCUT2D eigenvalue weighted by atomic mass is 10.1. The number of carbonyl (C=O) groups excluding carboxylic acids is 1. The summed E-state index contributed by atoms with van der Waals surface area (Å²) in [6.07, 6.45) is 6.60. The van der Waals surface area contributed by atoms with Crippen molar-refractivity contribution in [3.8, 4) is 11.5 Å². The van der Waals surface area contributed by atoms with Crippen LogP contribution in [-0.4, -0.2) is 25.2 Å². The fourth-order valence-corrected chi connectivity index (χ4v) is 3.40. The Kier molecular flexibility index (Phi) is 5.79. The minimum atomic E-state index is -0.508. The van der Waals surface area contributed by atoms with Crippen molar-refractivity contribution in [2.45, 2.75) is 57.6 Å². The van der Waals surface area contributed by atoms with Crippen LogP contribution in [0.5, 0.6) is 11.5 Å². The van der Waals surface area contributed by atoms with Gasteiger partial charge < -0.3 is 14.8 Å². The Morgan fingerprint density at radius 1 is 1.00 bits per heavy atom. The summed E-state index contributed by atoms with van der Waals surface area (Å²) in [7, 11) is 1.65. The van der Waals surface area contributed by atoms with Gasteiger partial charge in [0.1, 0.15) is 11.5 Å². The molecule has 134 valence electrons. The second kappa shape index (κ2) is 8.24. The van der Waals surface area contributed by atoms with E-state index in [0.29, 0.717) is 11.8 Å². The molecular weight excluding hydrogens is 314 g/mol. The van der Waals surface area contributed by atoms with Crippen molar-refractivity contribution in [2.75, 3.05) is 7.11 Å². The van der Waals surface area contributed by atoms with Gasteiger partial charge in [-0.1, -0.05) is 37.8 Å². The van der Waals surface area contributed by atoms with E-state index in [9.17, 15) is 4.79 Å². The zero-order valence-corrected chi connectivity index (χ0v) is 15.1. The number of fused-ring (bicyclic) bond motifs is 1. The van der Waals surface area contributed by atoms with Gasteiger partial charge in [-0.2, -0.15) is 0 Å². The molecule has 0 radical (unpaired) electrons. The topological polar surface area (TPSA) is 47.6 Å². The Morgan fingerprint density at radius 2 is 1.64 bits per heavy atom. The molecule has 2 aromatic carbocycles. The molecule has 1 saturated carbocycles. The lowest BCUT2D eigenvalue weighted by molar-refractivity contribution is -0.128. The van der Waals surface area contributed by atoms with Gasteiger partial charge in [0.05, 0.1) is 7.11 Å². The van der Waals surface area contributed by atoms with Gasteiger partial charge in [-0.15, -0.1) is 0 Å². The van der Waals surface area contributed by atoms with E-state index in [1.807, 2.05) is 43.3 Å². The largest absolute Gasteiger partial charge is 0.497 e. The summed E-state index contributed by atoms with van der Waals surface area (Å²) in [5, 5.41) is 5.30. The molecule has 0 spiro atoms. The van der Waals surface area contributed by atoms with Crippen molar-refractivity contribution in [1.82, 2.24) is 5.32 Å². The fraction of sp³-hybridized carbons (Fsp3) is 0.476. The van der Waals surface area contributed by atoms with Crippen LogP contribution in [0.1, 0.15) is 45.4 Å². The van der Waals surface area contributed by atoms with Gasteiger partial charge in [0.15, 0.2) is 6.10 Å². The second-order valence-electron chi connectivity index (χ2n) is 6.83. The zero-order chi connectivity index (χ0) is 17.6. The highest BCUT2D eigenvalue weighted by Crippen LogP contribution is 2.25. The molecule has 0 saturated heterocycles. The summed E-state index contributed by atoms with van der Waals surface area (Å²) in [6.45, 7) is 1.81. The van der Waals surface area contributed by atoms with Gasteiger partial charge in [-0.05, 0) is 54.8 Å². The average Bonchev–Trinajstić information content (AvgIpc) is 2.89. The van der Waals surface area contributed by atoms with Crippen molar-refractivity contribution in [3.63, 3.8) is 0 Å². The molecule has 0 heterocycles. The Labute approximate surface area is 149 Å². The molecule has 1 fully saturated rings. The summed E-state index contributed by atoms with van der Waals surface area (Å²) < 4.78 is 11.1. The van der Waals surface area contributed by atoms with Gasteiger partial charge in [0.25, 0.3) is 5.91 Å². The van der Waals surface area contributed by atoms with Gasteiger partial charge in [0, 0.05) is 6.04 Å². The summed E-state index contributed by atoms with van der Waals surface area (Å²) in [6, 6.07) is 12.1. The molecular formula is C21H27NO3. The SMILES string of the molecule is COc1ccc2ccc(O[C@@H](C)C(=O)NC3CCCCCC3)cc2c1. The lowest BCUT2D eigenvalue weighted by Crippen LogP contribution is -2.42. The molecule has 1 aliphatic rings. The molecule has 0 unspecified atom stereocenters. The summed E-state index contributed by atoms with van der Waals surface area (Å²) in [5.41, 5.74) is 0. The van der Waals surface area contributed by atoms with Crippen LogP contribution in [0, 0.1) is 0 Å². The monoisotopic (exact) mass is 341 g/mol. The number of ether oxygens (including phenoxy) is 2. The molecule has 1 amide bonds. The number of amides is 1. The van der Waals surface area contributed by atoms with E-state index >= 15 is 0 Å². The number of hydrogen-bond acceptors (Lipinski definition) is 3. The molecule has 2 aromatic rings. The number of hydrogen-bond donors (Lipinski definition) is 1. The zero-order valence-electron chi connectivity index (χ0n) is 15.1. The Bertz CT molecular complexity index is 720. The maximum absolute atomic E-state index is 12.4. The first-order valence-electron chi connectivity index (χ1n) is 9.20. The van der Waals surface area contributed by atoms with Crippen molar-refractivity contribution < 1.29 is 14.3 Å². The Balaban J connectivity index is 1.63. The molecule has 4 nitrogen and oxygen atoms in total. The van der Waals surface area contributed by atoms with E-state index in [2.05, 4.69) is 5.32 Å². The van der Waals surface area contributed by atoms with Crippen molar-refractivity contribution >= 4 is 16.7 Å². The standard InChI is InChI=1S/C21H27NO3/c1-15(21(23)22-18-7-5-3-4-6-8-18)25-20-12-10-16-9-11-19(24-2)13-17(16)14-20/h9-15,18H,3-8H2,1-2H3,(H,22,23)/t15-/m0/s1. The van der Waals surface area contributed by atoms with E-state index < -0.39 is 6.10 Å². The third kappa shape index (κ3) is 4.65. The second-order valence-corrected chi connectivity index (χ2v) is 6.83. The van der Waals surface area contributed by atoms with E-state index in [-0.39, 0.29) is 5.91 Å². The van der Waals surface area contributed by atoms with Crippen molar-refractivity contribution in [2.24, 2.45) is 0 Å². The first-order valence-corrected chi connectivity index (χ1v) is 9.20. The molecule has 1 atom stereocenters. The Hall–Kier alpha value is -2.23. The molecule has 0 bridgehead atoms. The quantitative estimate of drug-likeness (QED) is 0.817. The number of benzene rings is 2. The molecule has 25 heavy (non-hydrogen) atoms. The van der Waals surface area contributed by atoms with Gasteiger partial charge in [-0.3, -0.25) is 4.79 Å². The summed E-state index contributed by atoms with van der Waals surface area (Å²) >= 11 is 0. The Morgan fingerprint density at radius 3 is 2.32 bits per heavy atom. The predicted octanol–water partition coefficient (Wildman–Crippen LogP) is 4.45. The number of carbonyl (C=O) groups is 1. The molecule has 0 aliphatic heterocycles. The maximum Gasteiger partial charge on any atom is 0.260 e. The van der Waals surface area contributed by atoms with Gasteiger partial charge in [-0.25, -0.2) is 0 Å². The van der Waals surface area contributed by atoms with Crippen LogP contribution >= 0.6 is 0 Å². The van der Waals surface area contributed by atoms with E-state index in [0.717, 1.165) is 29.4 Å². The minimum absolute atomic E-state index is 0.0300. The number of nitrogens with one attached hydrogen (secondary N) is 1. The number of rotatable bonds is 5.